The molecule has 0 saturated carbocycles. The Labute approximate surface area is 146 Å². The predicted molar refractivity (Wildman–Crippen MR) is 94.9 cm³/mol. The summed E-state index contributed by atoms with van der Waals surface area (Å²) in [6.07, 6.45) is 0.523. The monoisotopic (exact) mass is 342 g/mol. The fourth-order valence-corrected chi connectivity index (χ4v) is 3.07. The normalized spacial score (nSPS) is 18.5. The van der Waals surface area contributed by atoms with Crippen molar-refractivity contribution in [3.05, 3.63) is 65.2 Å². The molecule has 1 aliphatic heterocycles. The third-order valence-electron chi connectivity index (χ3n) is 4.32. The molecule has 124 valence electrons. The Hall–Kier alpha value is -2.33. The van der Waals surface area contributed by atoms with Crippen LogP contribution in [0.25, 0.3) is 0 Å². The van der Waals surface area contributed by atoms with Gasteiger partial charge in [0, 0.05) is 17.3 Å². The van der Waals surface area contributed by atoms with Gasteiger partial charge in [-0.05, 0) is 43.2 Å². The van der Waals surface area contributed by atoms with E-state index in [1.54, 1.807) is 29.2 Å². The fourth-order valence-electron chi connectivity index (χ4n) is 2.94. The standard InChI is InChI=1S/C19H19ClN2O2/c1-13(14-5-3-2-4-6-14)21-18(23)17-11-12-22(19(17)24)16-9-7-15(20)8-10-16/h2-10,13,17H,11-12H2,1H3,(H,21,23). The molecule has 0 bridgehead atoms. The number of nitrogens with one attached hydrogen (secondary N) is 1. The zero-order valence-electron chi connectivity index (χ0n) is 13.4. The van der Waals surface area contributed by atoms with Crippen molar-refractivity contribution in [3.63, 3.8) is 0 Å². The molecule has 2 amide bonds. The molecule has 2 atom stereocenters. The van der Waals surface area contributed by atoms with Crippen molar-refractivity contribution in [1.82, 2.24) is 5.32 Å². The summed E-state index contributed by atoms with van der Waals surface area (Å²) >= 11 is 5.88. The van der Waals surface area contributed by atoms with Crippen molar-refractivity contribution < 1.29 is 9.59 Å². The van der Waals surface area contributed by atoms with Crippen LogP contribution in [-0.2, 0) is 9.59 Å². The minimum atomic E-state index is -0.633. The van der Waals surface area contributed by atoms with Crippen LogP contribution in [0.4, 0.5) is 5.69 Å². The molecule has 0 radical (unpaired) electrons. The van der Waals surface area contributed by atoms with Crippen molar-refractivity contribution >= 4 is 29.1 Å². The number of hydrogen-bond acceptors (Lipinski definition) is 2. The SMILES string of the molecule is CC(NC(=O)C1CCN(c2ccc(Cl)cc2)C1=O)c1ccccc1. The van der Waals surface area contributed by atoms with Gasteiger partial charge in [0.05, 0.1) is 6.04 Å². The summed E-state index contributed by atoms with van der Waals surface area (Å²) in [5, 5.41) is 3.56. The van der Waals surface area contributed by atoms with Gasteiger partial charge in [-0.15, -0.1) is 0 Å². The van der Waals surface area contributed by atoms with E-state index in [1.165, 1.54) is 0 Å². The second-order valence-corrected chi connectivity index (χ2v) is 6.38. The third kappa shape index (κ3) is 3.44. The Balaban J connectivity index is 1.66. The quantitative estimate of drug-likeness (QED) is 0.863. The lowest BCUT2D eigenvalue weighted by molar-refractivity contribution is -0.132. The van der Waals surface area contributed by atoms with E-state index in [0.29, 0.717) is 18.0 Å². The summed E-state index contributed by atoms with van der Waals surface area (Å²) in [5.74, 6) is -1.00. The molecule has 0 spiro atoms. The maximum atomic E-state index is 12.6. The van der Waals surface area contributed by atoms with Crippen LogP contribution in [-0.4, -0.2) is 18.4 Å². The summed E-state index contributed by atoms with van der Waals surface area (Å²) in [7, 11) is 0. The second-order valence-electron chi connectivity index (χ2n) is 5.95. The van der Waals surface area contributed by atoms with Crippen LogP contribution in [0.3, 0.4) is 0 Å². The lowest BCUT2D eigenvalue weighted by atomic mass is 10.0. The smallest absolute Gasteiger partial charge is 0.239 e. The van der Waals surface area contributed by atoms with Gasteiger partial charge in [0.25, 0.3) is 0 Å². The van der Waals surface area contributed by atoms with Gasteiger partial charge in [0.1, 0.15) is 5.92 Å². The predicted octanol–water partition coefficient (Wildman–Crippen LogP) is 3.57. The van der Waals surface area contributed by atoms with Gasteiger partial charge in [0.15, 0.2) is 0 Å². The topological polar surface area (TPSA) is 49.4 Å². The highest BCUT2D eigenvalue weighted by atomic mass is 35.5. The fraction of sp³-hybridized carbons (Fsp3) is 0.263. The third-order valence-corrected chi connectivity index (χ3v) is 4.57. The van der Waals surface area contributed by atoms with Gasteiger partial charge < -0.3 is 10.2 Å². The summed E-state index contributed by atoms with van der Waals surface area (Å²) in [5.41, 5.74) is 1.79. The number of nitrogens with zero attached hydrogens (tertiary/aromatic N) is 1. The Morgan fingerprint density at radius 1 is 1.17 bits per heavy atom. The number of amides is 2. The van der Waals surface area contributed by atoms with E-state index >= 15 is 0 Å². The lowest BCUT2D eigenvalue weighted by Crippen LogP contribution is -2.38. The number of rotatable bonds is 4. The maximum absolute atomic E-state index is 12.6. The van der Waals surface area contributed by atoms with E-state index in [9.17, 15) is 9.59 Å². The molecule has 4 nitrogen and oxygen atoms in total. The summed E-state index contributed by atoms with van der Waals surface area (Å²) in [6.45, 7) is 2.46. The Morgan fingerprint density at radius 2 is 1.83 bits per heavy atom. The van der Waals surface area contributed by atoms with Crippen LogP contribution in [0.5, 0.6) is 0 Å². The van der Waals surface area contributed by atoms with Crippen LogP contribution in [0.15, 0.2) is 54.6 Å². The number of anilines is 1. The average molecular weight is 343 g/mol. The van der Waals surface area contributed by atoms with E-state index in [4.69, 9.17) is 11.6 Å². The lowest BCUT2D eigenvalue weighted by Gasteiger charge is -2.19. The van der Waals surface area contributed by atoms with E-state index in [2.05, 4.69) is 5.32 Å². The van der Waals surface area contributed by atoms with E-state index < -0.39 is 5.92 Å². The number of halogens is 1. The summed E-state index contributed by atoms with van der Waals surface area (Å²) < 4.78 is 0. The first-order valence-electron chi connectivity index (χ1n) is 7.98. The molecule has 24 heavy (non-hydrogen) atoms. The molecule has 1 fully saturated rings. The molecule has 3 rings (SSSR count). The van der Waals surface area contributed by atoms with Crippen molar-refractivity contribution in [2.75, 3.05) is 11.4 Å². The van der Waals surface area contributed by atoms with Crippen molar-refractivity contribution in [2.45, 2.75) is 19.4 Å². The van der Waals surface area contributed by atoms with Gasteiger partial charge in [-0.1, -0.05) is 41.9 Å². The van der Waals surface area contributed by atoms with Gasteiger partial charge in [-0.2, -0.15) is 0 Å². The number of carbonyl (C=O) groups excluding carboxylic acids is 2. The van der Waals surface area contributed by atoms with Gasteiger partial charge >= 0.3 is 0 Å². The van der Waals surface area contributed by atoms with Crippen molar-refractivity contribution in [3.8, 4) is 0 Å². The van der Waals surface area contributed by atoms with Gasteiger partial charge in [0.2, 0.25) is 11.8 Å². The zero-order valence-corrected chi connectivity index (χ0v) is 14.2. The highest BCUT2D eigenvalue weighted by Gasteiger charge is 2.37. The second kappa shape index (κ2) is 7.05. The molecule has 1 N–H and O–H groups in total. The molecule has 1 heterocycles. The number of benzene rings is 2. The van der Waals surface area contributed by atoms with Crippen LogP contribution >= 0.6 is 11.6 Å². The molecule has 0 aromatic heterocycles. The average Bonchev–Trinajstić information content (AvgIpc) is 2.98. The Bertz CT molecular complexity index is 731. The van der Waals surface area contributed by atoms with Crippen LogP contribution < -0.4 is 10.2 Å². The first-order valence-corrected chi connectivity index (χ1v) is 8.36. The molecule has 2 unspecified atom stereocenters. The molecule has 5 heteroatoms. The molecule has 1 saturated heterocycles. The Morgan fingerprint density at radius 3 is 2.50 bits per heavy atom. The van der Waals surface area contributed by atoms with Crippen LogP contribution in [0, 0.1) is 5.92 Å². The number of carbonyl (C=O) groups is 2. The first kappa shape index (κ1) is 16.5. The summed E-state index contributed by atoms with van der Waals surface area (Å²) in [6, 6.07) is 16.7. The van der Waals surface area contributed by atoms with Crippen molar-refractivity contribution in [2.24, 2.45) is 5.92 Å². The molecule has 1 aliphatic rings. The first-order chi connectivity index (χ1) is 11.6. The highest BCUT2D eigenvalue weighted by Crippen LogP contribution is 2.27. The molecular weight excluding hydrogens is 324 g/mol. The minimum absolute atomic E-state index is 0.129. The van der Waals surface area contributed by atoms with E-state index in [-0.39, 0.29) is 17.9 Å². The number of hydrogen-bond donors (Lipinski definition) is 1. The van der Waals surface area contributed by atoms with E-state index in [1.807, 2.05) is 37.3 Å². The highest BCUT2D eigenvalue weighted by molar-refractivity contribution is 6.30. The van der Waals surface area contributed by atoms with Gasteiger partial charge in [-0.25, -0.2) is 0 Å². The summed E-state index contributed by atoms with van der Waals surface area (Å²) in [4.78, 5) is 26.7. The maximum Gasteiger partial charge on any atom is 0.239 e. The van der Waals surface area contributed by atoms with Gasteiger partial charge in [-0.3, -0.25) is 9.59 Å². The minimum Gasteiger partial charge on any atom is -0.349 e. The van der Waals surface area contributed by atoms with Crippen LogP contribution in [0.2, 0.25) is 5.02 Å². The largest absolute Gasteiger partial charge is 0.349 e. The zero-order chi connectivity index (χ0) is 17.1. The van der Waals surface area contributed by atoms with E-state index in [0.717, 1.165) is 11.3 Å². The van der Waals surface area contributed by atoms with Crippen molar-refractivity contribution in [1.29, 1.82) is 0 Å². The molecule has 2 aromatic carbocycles. The molecular formula is C19H19ClN2O2. The molecule has 2 aromatic rings. The van der Waals surface area contributed by atoms with Crippen LogP contribution in [0.1, 0.15) is 24.9 Å². The Kier molecular flexibility index (Phi) is 4.86. The molecule has 0 aliphatic carbocycles.